The Kier molecular flexibility index (Phi) is 5.19. The minimum Gasteiger partial charge on any atom is -0.475 e. The van der Waals surface area contributed by atoms with Gasteiger partial charge < -0.3 is 14.0 Å². The zero-order chi connectivity index (χ0) is 17.7. The van der Waals surface area contributed by atoms with Crippen LogP contribution in [0.4, 0.5) is 5.69 Å². The highest BCUT2D eigenvalue weighted by Gasteiger charge is 2.20. The molecule has 0 atom stereocenters. The summed E-state index contributed by atoms with van der Waals surface area (Å²) < 4.78 is 12.9. The second-order valence-corrected chi connectivity index (χ2v) is 7.12. The van der Waals surface area contributed by atoms with Gasteiger partial charge in [-0.2, -0.15) is 0 Å². The highest BCUT2D eigenvalue weighted by molar-refractivity contribution is 5.99. The normalized spacial score (nSPS) is 15.3. The Bertz CT molecular complexity index is 774. The van der Waals surface area contributed by atoms with E-state index in [4.69, 9.17) is 9.47 Å². The first-order valence-corrected chi connectivity index (χ1v) is 8.57. The van der Waals surface area contributed by atoms with E-state index in [1.54, 1.807) is 0 Å². The van der Waals surface area contributed by atoms with Gasteiger partial charge in [0, 0.05) is 6.42 Å². The molecule has 2 aromatic carbocycles. The molecule has 0 aliphatic carbocycles. The molecule has 1 aliphatic rings. The fourth-order valence-electron chi connectivity index (χ4n) is 2.57. The van der Waals surface area contributed by atoms with Gasteiger partial charge in [-0.25, -0.2) is 4.99 Å². The summed E-state index contributed by atoms with van der Waals surface area (Å²) in [6.45, 7) is 1.66. The van der Waals surface area contributed by atoms with Crippen molar-refractivity contribution in [3.8, 4) is 5.75 Å². The Morgan fingerprint density at radius 1 is 1.00 bits per heavy atom. The molecule has 0 saturated heterocycles. The molecule has 0 radical (unpaired) electrons. The molecule has 2 aromatic rings. The quantitative estimate of drug-likeness (QED) is 0.603. The van der Waals surface area contributed by atoms with E-state index in [0.717, 1.165) is 34.4 Å². The van der Waals surface area contributed by atoms with Crippen LogP contribution in [0.15, 0.2) is 65.3 Å². The van der Waals surface area contributed by atoms with E-state index in [2.05, 4.69) is 26.1 Å². The van der Waals surface area contributed by atoms with Gasteiger partial charge in [0.05, 0.1) is 34.3 Å². The lowest BCUT2D eigenvalue weighted by molar-refractivity contribution is -0.870. The van der Waals surface area contributed by atoms with Gasteiger partial charge in [0.15, 0.2) is 11.5 Å². The van der Waals surface area contributed by atoms with Crippen molar-refractivity contribution in [3.05, 3.63) is 65.9 Å². The average Bonchev–Trinajstić information content (AvgIpc) is 2.59. The summed E-state index contributed by atoms with van der Waals surface area (Å²) in [5, 5.41) is 0. The molecule has 4 heteroatoms. The van der Waals surface area contributed by atoms with Crippen molar-refractivity contribution in [1.29, 1.82) is 0 Å². The van der Waals surface area contributed by atoms with Gasteiger partial charge in [0.25, 0.3) is 5.90 Å². The third-order valence-corrected chi connectivity index (χ3v) is 3.83. The molecule has 0 N–H and O–H groups in total. The number of ether oxygens (including phenoxy) is 2. The van der Waals surface area contributed by atoms with Crippen LogP contribution in [0.2, 0.25) is 0 Å². The summed E-state index contributed by atoms with van der Waals surface area (Å²) >= 11 is 0. The van der Waals surface area contributed by atoms with Crippen LogP contribution in [-0.2, 0) is 4.74 Å². The zero-order valence-corrected chi connectivity index (χ0v) is 15.1. The number of hydrogen-bond acceptors (Lipinski definition) is 3. The predicted molar refractivity (Wildman–Crippen MR) is 102 cm³/mol. The fourth-order valence-corrected chi connectivity index (χ4v) is 2.57. The zero-order valence-electron chi connectivity index (χ0n) is 15.1. The summed E-state index contributed by atoms with van der Waals surface area (Å²) in [5.41, 5.74) is 1.86. The molecule has 3 rings (SSSR count). The van der Waals surface area contributed by atoms with Crippen LogP contribution < -0.4 is 4.74 Å². The number of quaternary nitrogens is 1. The van der Waals surface area contributed by atoms with Gasteiger partial charge >= 0.3 is 0 Å². The second-order valence-electron chi connectivity index (χ2n) is 7.12. The Hall–Kier alpha value is -2.59. The number of hydrogen-bond donors (Lipinski definition) is 0. The van der Waals surface area contributed by atoms with E-state index in [1.807, 2.05) is 60.7 Å². The summed E-state index contributed by atoms with van der Waals surface area (Å²) in [6, 6.07) is 17.8. The maximum atomic E-state index is 6.05. The van der Waals surface area contributed by atoms with Gasteiger partial charge in [-0.05, 0) is 23.8 Å². The Morgan fingerprint density at radius 2 is 1.72 bits per heavy atom. The standard InChI is InChI=1S/C21H25N2O2/c1-23(2,3)14-9-15-24-21-20(16-17-10-5-4-6-11-17)25-19-13-8-7-12-18(19)22-21/h4-8,10-13,16H,9,14-15H2,1-3H3/q+1/b20-16-. The van der Waals surface area contributed by atoms with Crippen LogP contribution in [-0.4, -0.2) is 44.7 Å². The van der Waals surface area contributed by atoms with Gasteiger partial charge in [-0.1, -0.05) is 42.5 Å². The van der Waals surface area contributed by atoms with E-state index >= 15 is 0 Å². The number of nitrogens with zero attached hydrogens (tertiary/aromatic N) is 2. The number of aliphatic imine (C=N–C) groups is 1. The first-order chi connectivity index (χ1) is 12.0. The second kappa shape index (κ2) is 7.53. The van der Waals surface area contributed by atoms with Crippen molar-refractivity contribution in [3.63, 3.8) is 0 Å². The van der Waals surface area contributed by atoms with Crippen molar-refractivity contribution in [2.75, 3.05) is 34.3 Å². The number of rotatable bonds is 5. The molecule has 1 heterocycles. The van der Waals surface area contributed by atoms with Crippen molar-refractivity contribution < 1.29 is 14.0 Å². The summed E-state index contributed by atoms with van der Waals surface area (Å²) in [6.07, 6.45) is 2.93. The lowest BCUT2D eigenvalue weighted by Gasteiger charge is -2.24. The van der Waals surface area contributed by atoms with Gasteiger partial charge in [0.2, 0.25) is 0 Å². The molecular formula is C21H25N2O2+. The third-order valence-electron chi connectivity index (χ3n) is 3.83. The Balaban J connectivity index is 1.79. The van der Waals surface area contributed by atoms with E-state index in [9.17, 15) is 0 Å². The summed E-state index contributed by atoms with van der Waals surface area (Å²) in [7, 11) is 6.54. The van der Waals surface area contributed by atoms with Crippen LogP contribution in [0.5, 0.6) is 5.75 Å². The molecule has 0 unspecified atom stereocenters. The van der Waals surface area contributed by atoms with Gasteiger partial charge in [-0.3, -0.25) is 0 Å². The van der Waals surface area contributed by atoms with Crippen LogP contribution in [0.25, 0.3) is 6.08 Å². The van der Waals surface area contributed by atoms with E-state index < -0.39 is 0 Å². The van der Waals surface area contributed by atoms with Crippen LogP contribution >= 0.6 is 0 Å². The van der Waals surface area contributed by atoms with E-state index in [0.29, 0.717) is 18.3 Å². The maximum absolute atomic E-state index is 6.05. The molecule has 4 nitrogen and oxygen atoms in total. The van der Waals surface area contributed by atoms with Crippen LogP contribution in [0.3, 0.4) is 0 Å². The number of fused-ring (bicyclic) bond motifs is 1. The third kappa shape index (κ3) is 4.94. The topological polar surface area (TPSA) is 30.8 Å². The fraction of sp³-hybridized carbons (Fsp3) is 0.286. The molecule has 0 fully saturated rings. The van der Waals surface area contributed by atoms with Gasteiger partial charge in [0.1, 0.15) is 5.69 Å². The van der Waals surface area contributed by atoms with Crippen molar-refractivity contribution >= 4 is 17.7 Å². The Labute approximate surface area is 149 Å². The molecule has 130 valence electrons. The molecule has 0 bridgehead atoms. The minimum atomic E-state index is 0.545. The summed E-state index contributed by atoms with van der Waals surface area (Å²) in [4.78, 5) is 4.65. The molecular weight excluding hydrogens is 312 g/mol. The lowest BCUT2D eigenvalue weighted by Crippen LogP contribution is -2.36. The number of para-hydroxylation sites is 2. The van der Waals surface area contributed by atoms with E-state index in [1.165, 1.54) is 0 Å². The van der Waals surface area contributed by atoms with Crippen LogP contribution in [0, 0.1) is 0 Å². The highest BCUT2D eigenvalue weighted by Crippen LogP contribution is 2.34. The first kappa shape index (κ1) is 17.2. The monoisotopic (exact) mass is 337 g/mol. The average molecular weight is 337 g/mol. The van der Waals surface area contributed by atoms with Gasteiger partial charge in [-0.15, -0.1) is 0 Å². The number of benzene rings is 2. The first-order valence-electron chi connectivity index (χ1n) is 8.57. The molecule has 1 aliphatic heterocycles. The largest absolute Gasteiger partial charge is 0.475 e. The SMILES string of the molecule is C[N+](C)(C)CCCOC1=Nc2ccccc2O/C1=C\c1ccccc1. The molecule has 0 saturated carbocycles. The molecule has 0 amide bonds. The lowest BCUT2D eigenvalue weighted by atomic mass is 10.2. The van der Waals surface area contributed by atoms with Crippen LogP contribution in [0.1, 0.15) is 12.0 Å². The van der Waals surface area contributed by atoms with E-state index in [-0.39, 0.29) is 0 Å². The van der Waals surface area contributed by atoms with Crippen molar-refractivity contribution in [2.24, 2.45) is 4.99 Å². The smallest absolute Gasteiger partial charge is 0.258 e. The minimum absolute atomic E-state index is 0.545. The molecule has 0 spiro atoms. The molecule has 25 heavy (non-hydrogen) atoms. The highest BCUT2D eigenvalue weighted by atomic mass is 16.5. The van der Waals surface area contributed by atoms with Crippen molar-refractivity contribution in [1.82, 2.24) is 0 Å². The molecule has 0 aromatic heterocycles. The predicted octanol–water partition coefficient (Wildman–Crippen LogP) is 4.26. The summed E-state index contributed by atoms with van der Waals surface area (Å²) in [5.74, 6) is 1.95. The Morgan fingerprint density at radius 3 is 2.48 bits per heavy atom. The van der Waals surface area contributed by atoms with Crippen molar-refractivity contribution in [2.45, 2.75) is 6.42 Å². The maximum Gasteiger partial charge on any atom is 0.258 e.